The summed E-state index contributed by atoms with van der Waals surface area (Å²) in [6.07, 6.45) is 3.43. The first-order valence-corrected chi connectivity index (χ1v) is 6.85. The van der Waals surface area contributed by atoms with Gasteiger partial charge in [-0.25, -0.2) is 0 Å². The van der Waals surface area contributed by atoms with Crippen molar-refractivity contribution >= 4 is 11.9 Å². The number of carboxylic acids is 1. The molecule has 2 atom stereocenters. The number of nitrogens with one attached hydrogen (secondary N) is 1. The van der Waals surface area contributed by atoms with Gasteiger partial charge in [-0.3, -0.25) is 14.5 Å². The lowest BCUT2D eigenvalue weighted by molar-refractivity contribution is -0.139. The zero-order valence-corrected chi connectivity index (χ0v) is 11.5. The Hall–Kier alpha value is -1.82. The third kappa shape index (κ3) is 3.60. The molecule has 0 bridgehead atoms. The minimum Gasteiger partial charge on any atom is -0.481 e. The number of nitrogens with zero attached hydrogens (tertiary/aromatic N) is 1. The van der Waals surface area contributed by atoms with Gasteiger partial charge in [0.05, 0.1) is 25.3 Å². The van der Waals surface area contributed by atoms with Crippen LogP contribution in [0.15, 0.2) is 22.8 Å². The van der Waals surface area contributed by atoms with Crippen LogP contribution in [-0.4, -0.2) is 40.5 Å². The topological polar surface area (TPSA) is 82.8 Å². The molecule has 0 saturated carbocycles. The van der Waals surface area contributed by atoms with Crippen LogP contribution < -0.4 is 5.32 Å². The first kappa shape index (κ1) is 14.6. The molecule has 1 aliphatic heterocycles. The predicted molar refractivity (Wildman–Crippen MR) is 72.0 cm³/mol. The predicted octanol–water partition coefficient (Wildman–Crippen LogP) is 1.22. The van der Waals surface area contributed by atoms with Crippen molar-refractivity contribution in [3.63, 3.8) is 0 Å². The molecule has 20 heavy (non-hydrogen) atoms. The fraction of sp³-hybridized carbons (Fsp3) is 0.571. The third-order valence-corrected chi connectivity index (χ3v) is 3.73. The number of aliphatic carboxylic acids is 1. The molecule has 1 aromatic heterocycles. The molecule has 6 nitrogen and oxygen atoms in total. The summed E-state index contributed by atoms with van der Waals surface area (Å²) in [7, 11) is 0. The minimum atomic E-state index is -0.815. The van der Waals surface area contributed by atoms with E-state index in [-0.39, 0.29) is 24.4 Å². The number of carbonyl (C=O) groups is 2. The highest BCUT2D eigenvalue weighted by Gasteiger charge is 2.33. The van der Waals surface area contributed by atoms with E-state index < -0.39 is 5.97 Å². The van der Waals surface area contributed by atoms with E-state index in [1.807, 2.05) is 11.8 Å². The van der Waals surface area contributed by atoms with E-state index in [2.05, 4.69) is 5.32 Å². The van der Waals surface area contributed by atoms with Crippen molar-refractivity contribution in [3.05, 3.63) is 24.2 Å². The molecule has 0 aromatic carbocycles. The Morgan fingerprint density at radius 3 is 3.05 bits per heavy atom. The van der Waals surface area contributed by atoms with Crippen molar-refractivity contribution in [1.82, 2.24) is 10.2 Å². The van der Waals surface area contributed by atoms with Crippen molar-refractivity contribution in [1.29, 1.82) is 0 Å². The van der Waals surface area contributed by atoms with Crippen molar-refractivity contribution in [2.75, 3.05) is 6.54 Å². The van der Waals surface area contributed by atoms with E-state index in [0.29, 0.717) is 12.3 Å². The Morgan fingerprint density at radius 1 is 1.60 bits per heavy atom. The molecule has 1 saturated heterocycles. The molecule has 2 N–H and O–H groups in total. The van der Waals surface area contributed by atoms with Gasteiger partial charge >= 0.3 is 5.97 Å². The molecule has 2 heterocycles. The molecule has 0 radical (unpaired) electrons. The van der Waals surface area contributed by atoms with Gasteiger partial charge in [0.1, 0.15) is 5.76 Å². The van der Waals surface area contributed by atoms with E-state index >= 15 is 0 Å². The van der Waals surface area contributed by atoms with Gasteiger partial charge in [0, 0.05) is 6.04 Å². The highest BCUT2D eigenvalue weighted by molar-refractivity contribution is 5.81. The van der Waals surface area contributed by atoms with Crippen molar-refractivity contribution < 1.29 is 19.1 Å². The fourth-order valence-corrected chi connectivity index (χ4v) is 2.67. The van der Waals surface area contributed by atoms with Gasteiger partial charge in [0.25, 0.3) is 0 Å². The summed E-state index contributed by atoms with van der Waals surface area (Å²) in [5.74, 6) is -0.210. The summed E-state index contributed by atoms with van der Waals surface area (Å²) in [6.45, 7) is 2.94. The average molecular weight is 280 g/mol. The number of carboxylic acid groups (broad SMARTS) is 1. The summed E-state index contributed by atoms with van der Waals surface area (Å²) in [5, 5.41) is 11.7. The molecule has 0 aliphatic carbocycles. The van der Waals surface area contributed by atoms with Crippen LogP contribution in [0.1, 0.15) is 31.9 Å². The van der Waals surface area contributed by atoms with Crippen LogP contribution in [0.5, 0.6) is 0 Å². The second kappa shape index (κ2) is 6.56. The van der Waals surface area contributed by atoms with E-state index in [0.717, 1.165) is 19.4 Å². The van der Waals surface area contributed by atoms with Gasteiger partial charge < -0.3 is 14.8 Å². The molecule has 1 fully saturated rings. The van der Waals surface area contributed by atoms with Crippen LogP contribution in [0.3, 0.4) is 0 Å². The van der Waals surface area contributed by atoms with Crippen LogP contribution in [0.2, 0.25) is 0 Å². The molecule has 2 unspecified atom stereocenters. The number of amides is 1. The average Bonchev–Trinajstić information content (AvgIpc) is 3.05. The van der Waals surface area contributed by atoms with Crippen LogP contribution >= 0.6 is 0 Å². The second-order valence-electron chi connectivity index (χ2n) is 5.10. The number of hydrogen-bond donors (Lipinski definition) is 2. The van der Waals surface area contributed by atoms with E-state index in [1.54, 1.807) is 18.4 Å². The molecule has 1 aliphatic rings. The SMILES string of the molecule is CC(C(=O)NCc1ccco1)N1CCCC1CC(=O)O. The smallest absolute Gasteiger partial charge is 0.304 e. The normalized spacial score (nSPS) is 20.8. The van der Waals surface area contributed by atoms with Crippen LogP contribution in [-0.2, 0) is 16.1 Å². The number of rotatable bonds is 6. The maximum absolute atomic E-state index is 12.1. The Morgan fingerprint density at radius 2 is 2.40 bits per heavy atom. The maximum Gasteiger partial charge on any atom is 0.304 e. The van der Waals surface area contributed by atoms with E-state index in [9.17, 15) is 9.59 Å². The standard InChI is InChI=1S/C14H20N2O4/c1-10(14(19)15-9-12-5-3-7-20-12)16-6-2-4-11(16)8-13(17)18/h3,5,7,10-11H,2,4,6,8-9H2,1H3,(H,15,19)(H,17,18). The summed E-state index contributed by atoms with van der Waals surface area (Å²) < 4.78 is 5.16. The Bertz CT molecular complexity index is 458. The molecular formula is C14H20N2O4. The number of carbonyl (C=O) groups excluding carboxylic acids is 1. The molecule has 0 spiro atoms. The largest absolute Gasteiger partial charge is 0.481 e. The van der Waals surface area contributed by atoms with Gasteiger partial charge in [-0.05, 0) is 38.4 Å². The van der Waals surface area contributed by atoms with Crippen molar-refractivity contribution in [3.8, 4) is 0 Å². The second-order valence-corrected chi connectivity index (χ2v) is 5.10. The van der Waals surface area contributed by atoms with Gasteiger partial charge in [-0.2, -0.15) is 0 Å². The summed E-state index contributed by atoms with van der Waals surface area (Å²) in [6, 6.07) is 3.20. The third-order valence-electron chi connectivity index (χ3n) is 3.73. The quantitative estimate of drug-likeness (QED) is 0.818. The number of likely N-dealkylation sites (tertiary alicyclic amines) is 1. The highest BCUT2D eigenvalue weighted by atomic mass is 16.4. The molecule has 1 amide bonds. The highest BCUT2D eigenvalue weighted by Crippen LogP contribution is 2.22. The Kier molecular flexibility index (Phi) is 4.79. The Labute approximate surface area is 117 Å². The first-order chi connectivity index (χ1) is 9.58. The lowest BCUT2D eigenvalue weighted by atomic mass is 10.1. The van der Waals surface area contributed by atoms with Gasteiger partial charge in [0.15, 0.2) is 0 Å². The zero-order chi connectivity index (χ0) is 14.5. The van der Waals surface area contributed by atoms with Gasteiger partial charge in [-0.1, -0.05) is 0 Å². The van der Waals surface area contributed by atoms with E-state index in [1.165, 1.54) is 0 Å². The van der Waals surface area contributed by atoms with Crippen molar-refractivity contribution in [2.45, 2.75) is 44.8 Å². The molecular weight excluding hydrogens is 260 g/mol. The van der Waals surface area contributed by atoms with E-state index in [4.69, 9.17) is 9.52 Å². The minimum absolute atomic E-state index is 0.0446. The van der Waals surface area contributed by atoms with Crippen LogP contribution in [0.25, 0.3) is 0 Å². The Balaban J connectivity index is 1.87. The zero-order valence-electron chi connectivity index (χ0n) is 11.5. The number of hydrogen-bond acceptors (Lipinski definition) is 4. The van der Waals surface area contributed by atoms with Gasteiger partial charge in [-0.15, -0.1) is 0 Å². The summed E-state index contributed by atoms with van der Waals surface area (Å²) in [4.78, 5) is 24.9. The van der Waals surface area contributed by atoms with Crippen LogP contribution in [0, 0.1) is 0 Å². The molecule has 110 valence electrons. The fourth-order valence-electron chi connectivity index (χ4n) is 2.67. The molecule has 6 heteroatoms. The maximum atomic E-state index is 12.1. The molecule has 1 aromatic rings. The lowest BCUT2D eigenvalue weighted by Gasteiger charge is -2.28. The number of furan rings is 1. The monoisotopic (exact) mass is 280 g/mol. The van der Waals surface area contributed by atoms with Crippen molar-refractivity contribution in [2.24, 2.45) is 0 Å². The summed E-state index contributed by atoms with van der Waals surface area (Å²) in [5.41, 5.74) is 0. The lowest BCUT2D eigenvalue weighted by Crippen LogP contribution is -2.47. The summed E-state index contributed by atoms with van der Waals surface area (Å²) >= 11 is 0. The first-order valence-electron chi connectivity index (χ1n) is 6.85. The van der Waals surface area contributed by atoms with Gasteiger partial charge in [0.2, 0.25) is 5.91 Å². The van der Waals surface area contributed by atoms with Crippen LogP contribution in [0.4, 0.5) is 0 Å². The molecule has 2 rings (SSSR count).